The Hall–Kier alpha value is -1.26. The average molecular weight is 327 g/mol. The van der Waals surface area contributed by atoms with E-state index in [0.717, 1.165) is 37.0 Å². The molecule has 0 spiro atoms. The molecule has 124 valence electrons. The Labute approximate surface area is 139 Å². The Morgan fingerprint density at radius 3 is 2.91 bits per heavy atom. The maximum atomic E-state index is 12.4. The Balaban J connectivity index is 0.00000242. The Kier molecular flexibility index (Phi) is 7.17. The van der Waals surface area contributed by atoms with Crippen LogP contribution in [0.4, 0.5) is 0 Å². The van der Waals surface area contributed by atoms with Gasteiger partial charge in [0.25, 0.3) is 0 Å². The molecule has 0 aliphatic heterocycles. The van der Waals surface area contributed by atoms with Crippen LogP contribution in [0.25, 0.3) is 0 Å². The first-order chi connectivity index (χ1) is 10.0. The molecule has 4 nitrogen and oxygen atoms in total. The summed E-state index contributed by atoms with van der Waals surface area (Å²) in [6, 6.07) is 7.82. The van der Waals surface area contributed by atoms with Crippen LogP contribution in [0.2, 0.25) is 0 Å². The van der Waals surface area contributed by atoms with Crippen molar-refractivity contribution in [2.75, 3.05) is 6.61 Å². The van der Waals surface area contributed by atoms with E-state index in [4.69, 9.17) is 10.5 Å². The fraction of sp³-hybridized carbons (Fsp3) is 0.588. The van der Waals surface area contributed by atoms with Crippen molar-refractivity contribution in [2.45, 2.75) is 51.6 Å². The summed E-state index contributed by atoms with van der Waals surface area (Å²) in [6.45, 7) is 5.11. The van der Waals surface area contributed by atoms with Crippen LogP contribution in [0.1, 0.15) is 45.1 Å². The molecule has 2 rings (SSSR count). The highest BCUT2D eigenvalue weighted by molar-refractivity contribution is 5.85. The van der Waals surface area contributed by atoms with Gasteiger partial charge < -0.3 is 15.8 Å². The third kappa shape index (κ3) is 4.89. The van der Waals surface area contributed by atoms with Gasteiger partial charge in [-0.1, -0.05) is 25.0 Å². The van der Waals surface area contributed by atoms with E-state index in [2.05, 4.69) is 5.32 Å². The Morgan fingerprint density at radius 2 is 2.23 bits per heavy atom. The number of nitrogens with one attached hydrogen (secondary N) is 1. The quantitative estimate of drug-likeness (QED) is 0.874. The van der Waals surface area contributed by atoms with Gasteiger partial charge in [0.15, 0.2) is 0 Å². The minimum Gasteiger partial charge on any atom is -0.494 e. The first-order valence-corrected chi connectivity index (χ1v) is 7.81. The van der Waals surface area contributed by atoms with Gasteiger partial charge in [0, 0.05) is 12.1 Å². The van der Waals surface area contributed by atoms with E-state index in [1.807, 2.05) is 38.1 Å². The fourth-order valence-electron chi connectivity index (χ4n) is 3.01. The van der Waals surface area contributed by atoms with Gasteiger partial charge in [0.1, 0.15) is 5.75 Å². The lowest BCUT2D eigenvalue weighted by atomic mass is 9.74. The predicted molar refractivity (Wildman–Crippen MR) is 91.3 cm³/mol. The molecule has 0 bridgehead atoms. The Morgan fingerprint density at radius 1 is 1.45 bits per heavy atom. The number of nitrogens with two attached hydrogens (primary N) is 1. The van der Waals surface area contributed by atoms with E-state index in [9.17, 15) is 4.79 Å². The molecule has 22 heavy (non-hydrogen) atoms. The average Bonchev–Trinajstić information content (AvgIpc) is 2.45. The number of rotatable bonds is 5. The molecule has 0 saturated heterocycles. The van der Waals surface area contributed by atoms with Gasteiger partial charge in [-0.2, -0.15) is 0 Å². The molecule has 1 aromatic carbocycles. The SMILES string of the molecule is CCOc1cccc(CNC(=O)C2CCCCC2(C)N)c1.Cl. The van der Waals surface area contributed by atoms with Crippen molar-refractivity contribution < 1.29 is 9.53 Å². The molecule has 3 N–H and O–H groups in total. The first-order valence-electron chi connectivity index (χ1n) is 7.81. The lowest BCUT2D eigenvalue weighted by Crippen LogP contribution is -2.52. The van der Waals surface area contributed by atoms with Crippen LogP contribution in [0, 0.1) is 5.92 Å². The van der Waals surface area contributed by atoms with Gasteiger partial charge in [-0.15, -0.1) is 12.4 Å². The molecular formula is C17H27ClN2O2. The van der Waals surface area contributed by atoms with Crippen LogP contribution in [0.3, 0.4) is 0 Å². The van der Waals surface area contributed by atoms with Gasteiger partial charge >= 0.3 is 0 Å². The second-order valence-corrected chi connectivity index (χ2v) is 6.10. The fourth-order valence-corrected chi connectivity index (χ4v) is 3.01. The second-order valence-electron chi connectivity index (χ2n) is 6.10. The summed E-state index contributed by atoms with van der Waals surface area (Å²) in [5.74, 6) is 0.827. The van der Waals surface area contributed by atoms with Crippen LogP contribution in [-0.4, -0.2) is 18.1 Å². The Bertz CT molecular complexity index is 491. The van der Waals surface area contributed by atoms with Crippen LogP contribution < -0.4 is 15.8 Å². The zero-order valence-electron chi connectivity index (χ0n) is 13.4. The molecular weight excluding hydrogens is 300 g/mol. The van der Waals surface area contributed by atoms with Crippen molar-refractivity contribution in [1.82, 2.24) is 5.32 Å². The number of amides is 1. The topological polar surface area (TPSA) is 64.3 Å². The van der Waals surface area contributed by atoms with Gasteiger partial charge in [0.2, 0.25) is 5.91 Å². The molecule has 1 aliphatic carbocycles. The molecule has 0 aromatic heterocycles. The summed E-state index contributed by atoms with van der Waals surface area (Å²) in [4.78, 5) is 12.4. The number of benzene rings is 1. The van der Waals surface area contributed by atoms with E-state index in [0.29, 0.717) is 13.2 Å². The standard InChI is InChI=1S/C17H26N2O2.ClH/c1-3-21-14-8-6-7-13(11-14)12-19-16(20)15-9-4-5-10-17(15,2)18;/h6-8,11,15H,3-5,9-10,12,18H2,1-2H3,(H,19,20);1H. The largest absolute Gasteiger partial charge is 0.494 e. The smallest absolute Gasteiger partial charge is 0.225 e. The number of ether oxygens (including phenoxy) is 1. The van der Waals surface area contributed by atoms with E-state index in [-0.39, 0.29) is 29.8 Å². The van der Waals surface area contributed by atoms with E-state index >= 15 is 0 Å². The van der Waals surface area contributed by atoms with Crippen molar-refractivity contribution in [3.63, 3.8) is 0 Å². The van der Waals surface area contributed by atoms with E-state index in [1.54, 1.807) is 0 Å². The molecule has 5 heteroatoms. The molecule has 1 fully saturated rings. The highest BCUT2D eigenvalue weighted by atomic mass is 35.5. The number of carbonyl (C=O) groups excluding carboxylic acids is 1. The van der Waals surface area contributed by atoms with Crippen LogP contribution in [-0.2, 0) is 11.3 Å². The summed E-state index contributed by atoms with van der Waals surface area (Å²) in [5, 5.41) is 3.02. The number of hydrogen-bond acceptors (Lipinski definition) is 3. The minimum atomic E-state index is -0.379. The maximum absolute atomic E-state index is 12.4. The number of hydrogen-bond donors (Lipinski definition) is 2. The summed E-state index contributed by atoms with van der Waals surface area (Å²) in [6.07, 6.45) is 4.01. The summed E-state index contributed by atoms with van der Waals surface area (Å²) in [5.41, 5.74) is 6.94. The minimum absolute atomic E-state index is 0. The van der Waals surface area contributed by atoms with Crippen molar-refractivity contribution in [2.24, 2.45) is 11.7 Å². The predicted octanol–water partition coefficient (Wildman–Crippen LogP) is 3.03. The summed E-state index contributed by atoms with van der Waals surface area (Å²) >= 11 is 0. The highest BCUT2D eigenvalue weighted by Gasteiger charge is 2.37. The van der Waals surface area contributed by atoms with Gasteiger partial charge in [-0.25, -0.2) is 0 Å². The molecule has 2 unspecified atom stereocenters. The molecule has 1 saturated carbocycles. The zero-order chi connectivity index (χ0) is 15.3. The van der Waals surface area contributed by atoms with Crippen molar-refractivity contribution in [1.29, 1.82) is 0 Å². The van der Waals surface area contributed by atoms with Crippen molar-refractivity contribution in [3.8, 4) is 5.75 Å². The van der Waals surface area contributed by atoms with E-state index in [1.165, 1.54) is 0 Å². The van der Waals surface area contributed by atoms with Crippen LogP contribution >= 0.6 is 12.4 Å². The van der Waals surface area contributed by atoms with Crippen LogP contribution in [0.15, 0.2) is 24.3 Å². The van der Waals surface area contributed by atoms with Gasteiger partial charge in [-0.05, 0) is 44.4 Å². The number of halogens is 1. The van der Waals surface area contributed by atoms with E-state index < -0.39 is 0 Å². The monoisotopic (exact) mass is 326 g/mol. The lowest BCUT2D eigenvalue weighted by Gasteiger charge is -2.37. The molecule has 1 aromatic rings. The molecule has 0 heterocycles. The maximum Gasteiger partial charge on any atom is 0.225 e. The third-order valence-electron chi connectivity index (χ3n) is 4.25. The highest BCUT2D eigenvalue weighted by Crippen LogP contribution is 2.31. The van der Waals surface area contributed by atoms with Gasteiger partial charge in [-0.3, -0.25) is 4.79 Å². The lowest BCUT2D eigenvalue weighted by molar-refractivity contribution is -0.128. The summed E-state index contributed by atoms with van der Waals surface area (Å²) in [7, 11) is 0. The molecule has 2 atom stereocenters. The number of carbonyl (C=O) groups is 1. The summed E-state index contributed by atoms with van der Waals surface area (Å²) < 4.78 is 5.47. The zero-order valence-corrected chi connectivity index (χ0v) is 14.2. The van der Waals surface area contributed by atoms with Crippen molar-refractivity contribution in [3.05, 3.63) is 29.8 Å². The molecule has 1 amide bonds. The molecule has 1 aliphatic rings. The first kappa shape index (κ1) is 18.8. The van der Waals surface area contributed by atoms with Crippen molar-refractivity contribution >= 4 is 18.3 Å². The second kappa shape index (κ2) is 8.39. The normalized spacial score (nSPS) is 24.2. The van der Waals surface area contributed by atoms with Crippen LogP contribution in [0.5, 0.6) is 5.75 Å². The van der Waals surface area contributed by atoms with Gasteiger partial charge in [0.05, 0.1) is 12.5 Å². The third-order valence-corrected chi connectivity index (χ3v) is 4.25. The molecule has 0 radical (unpaired) electrons.